The van der Waals surface area contributed by atoms with Crippen molar-refractivity contribution in [3.8, 4) is 11.3 Å². The van der Waals surface area contributed by atoms with Crippen molar-refractivity contribution in [2.45, 2.75) is 63.9 Å². The summed E-state index contributed by atoms with van der Waals surface area (Å²) in [7, 11) is 0. The van der Waals surface area contributed by atoms with E-state index >= 15 is 0 Å². The van der Waals surface area contributed by atoms with Crippen LogP contribution in [0, 0.1) is 32.8 Å². The summed E-state index contributed by atoms with van der Waals surface area (Å²) >= 11 is -0.375. The smallest absolute Gasteiger partial charge is 3.00 e. The second kappa shape index (κ2) is 16.4. The van der Waals surface area contributed by atoms with Crippen LogP contribution in [0.15, 0.2) is 132 Å². The Balaban J connectivity index is 0.000000215. The number of anilines is 2. The number of aromatic nitrogens is 2. The molecule has 0 fully saturated rings. The maximum atomic E-state index is 7.76. The Labute approximate surface area is 388 Å². The van der Waals surface area contributed by atoms with E-state index < -0.39 is 20.1 Å². The number of rotatable bonds is 5. The molecule has 8 heteroatoms. The fraction of sp³-hybridized carbons (Fsp3) is 0.185. The van der Waals surface area contributed by atoms with E-state index in [4.69, 9.17) is 18.8 Å². The van der Waals surface area contributed by atoms with Gasteiger partial charge in [0.05, 0.1) is 0 Å². The normalized spacial score (nSPS) is 14.7. The molecular weight excluding hydrogens is 1020 g/mol. The first kappa shape index (κ1) is 38.4. The molecule has 6 aromatic carbocycles. The molecule has 11 rings (SSSR count). The zero-order valence-electron chi connectivity index (χ0n) is 38.7. The SMILES string of the molecule is Cc1cc2c(oc3cc(C(C)C)ccc32)c(C)c1N1c2c(ccc3ccccc23)[N-]C1c1[c-]ccc2c1sc1ncccc12.[2H]C([2H])([2H])c1c[c]([Ge]([CH3])([CH3])[CH3])cnc1-c1[c-]cccc1.[Ir+3]. The molecule has 5 nitrogen and oxygen atoms in total. The minimum Gasteiger partial charge on any atom is 3.00 e. The Hall–Kier alpha value is -5.31. The number of nitrogens with zero attached hydrogens (tertiary/aromatic N) is 4. The molecule has 1 aliphatic heterocycles. The number of thiophene rings is 1. The second-order valence-corrected chi connectivity index (χ2v) is 29.0. The molecule has 1 atom stereocenters. The van der Waals surface area contributed by atoms with Gasteiger partial charge >= 0.3 is 130 Å². The monoisotopic (exact) mass is 1070 g/mol. The van der Waals surface area contributed by atoms with Crippen LogP contribution in [0.2, 0.25) is 17.3 Å². The first-order valence-corrected chi connectivity index (χ1v) is 29.0. The minimum absolute atomic E-state index is 0. The summed E-state index contributed by atoms with van der Waals surface area (Å²) in [4.78, 5) is 12.6. The van der Waals surface area contributed by atoms with Gasteiger partial charge in [-0.05, 0) is 66.0 Å². The van der Waals surface area contributed by atoms with Crippen LogP contribution in [-0.2, 0) is 20.1 Å². The van der Waals surface area contributed by atoms with E-state index in [-0.39, 0.29) is 26.3 Å². The number of hydrogen-bond donors (Lipinski definition) is 0. The van der Waals surface area contributed by atoms with Crippen LogP contribution in [0.4, 0.5) is 17.1 Å². The summed E-state index contributed by atoms with van der Waals surface area (Å²) in [6, 6.07) is 46.1. The van der Waals surface area contributed by atoms with Crippen LogP contribution in [0.1, 0.15) is 57.9 Å². The molecule has 0 saturated heterocycles. The predicted octanol–water partition coefficient (Wildman–Crippen LogP) is 15.3. The van der Waals surface area contributed by atoms with Crippen molar-refractivity contribution >= 4 is 99.1 Å². The summed E-state index contributed by atoms with van der Waals surface area (Å²) in [5.74, 6) is 7.13. The summed E-state index contributed by atoms with van der Waals surface area (Å²) in [5.41, 5.74) is 11.4. The number of furan rings is 1. The Kier molecular flexibility index (Phi) is 10.2. The number of pyridine rings is 2. The van der Waals surface area contributed by atoms with E-state index in [1.165, 1.54) is 37.4 Å². The molecule has 0 spiro atoms. The summed E-state index contributed by atoms with van der Waals surface area (Å²) in [6.07, 6.45) is 3.42. The molecule has 1 aliphatic rings. The Morgan fingerprint density at radius 1 is 0.790 bits per heavy atom. The third-order valence-electron chi connectivity index (χ3n) is 11.9. The molecule has 0 bridgehead atoms. The molecule has 0 amide bonds. The van der Waals surface area contributed by atoms with Gasteiger partial charge in [-0.3, -0.25) is 0 Å². The quantitative estimate of drug-likeness (QED) is 0.127. The molecule has 308 valence electrons. The largest absolute Gasteiger partial charge is 3.00 e. The zero-order valence-corrected chi connectivity index (χ0v) is 41.0. The molecule has 5 heterocycles. The topological polar surface area (TPSA) is 56.3 Å². The fourth-order valence-corrected chi connectivity index (χ4v) is 12.0. The Morgan fingerprint density at radius 3 is 2.40 bits per heavy atom. The standard InChI is InChI=1S/C39H29N3OS.C15H18GeN.Ir/c1-21(2)25-14-16-27-31-19-22(3)34(23(4)36(31)43-33(27)20-25)42-35-26-10-6-5-9-24(26)15-17-32(35)41-38(42)30-12-7-11-28-29-13-8-18-40-39(29)44-37(28)30;1-12-10-14(16(2,3)4)11-17-15(12)13-8-6-5-7-9-13;/h5-11,13-21,38H,1-4H3;5-8,10-11H,1-4H3;/q-2;-1;+3/i;1D3;. The van der Waals surface area contributed by atoms with E-state index in [0.29, 0.717) is 17.2 Å². The van der Waals surface area contributed by atoms with Crippen LogP contribution in [0.5, 0.6) is 0 Å². The van der Waals surface area contributed by atoms with E-state index in [0.717, 1.165) is 64.9 Å². The Bertz CT molecular complexity index is 3430. The van der Waals surface area contributed by atoms with Gasteiger partial charge in [0, 0.05) is 39.3 Å². The van der Waals surface area contributed by atoms with Crippen molar-refractivity contribution in [1.82, 2.24) is 9.97 Å². The van der Waals surface area contributed by atoms with Crippen LogP contribution in [0.3, 0.4) is 0 Å². The summed E-state index contributed by atoms with van der Waals surface area (Å²) in [6.45, 7) is 6.71. The van der Waals surface area contributed by atoms with Crippen molar-refractivity contribution in [2.75, 3.05) is 4.90 Å². The first-order chi connectivity index (χ1) is 30.7. The molecular formula is C54H47GeIrN4OS. The van der Waals surface area contributed by atoms with Crippen molar-refractivity contribution in [2.24, 2.45) is 0 Å². The van der Waals surface area contributed by atoms with Gasteiger partial charge in [-0.25, -0.2) is 4.98 Å². The third kappa shape index (κ3) is 7.23. The molecule has 4 aromatic heterocycles. The van der Waals surface area contributed by atoms with E-state index in [2.05, 4.69) is 140 Å². The average molecular weight is 1070 g/mol. The molecule has 0 radical (unpaired) electrons. The van der Waals surface area contributed by atoms with Gasteiger partial charge in [-0.15, -0.1) is 16.6 Å². The van der Waals surface area contributed by atoms with Gasteiger partial charge in [-0.1, -0.05) is 73.1 Å². The molecule has 10 aromatic rings. The molecule has 0 saturated carbocycles. The summed E-state index contributed by atoms with van der Waals surface area (Å²) in [5, 5.41) is 12.5. The minimum atomic E-state index is -2.16. The van der Waals surface area contributed by atoms with Gasteiger partial charge in [0.15, 0.2) is 0 Å². The van der Waals surface area contributed by atoms with Crippen LogP contribution >= 0.6 is 11.3 Å². The number of fused-ring (bicyclic) bond motifs is 9. The van der Waals surface area contributed by atoms with Crippen molar-refractivity contribution in [3.63, 3.8) is 0 Å². The van der Waals surface area contributed by atoms with Gasteiger partial charge in [0.25, 0.3) is 0 Å². The number of benzene rings is 6. The average Bonchev–Trinajstić information content (AvgIpc) is 3.98. The van der Waals surface area contributed by atoms with Crippen molar-refractivity contribution in [1.29, 1.82) is 0 Å². The second-order valence-electron chi connectivity index (χ2n) is 17.3. The zero-order chi connectivity index (χ0) is 44.7. The summed E-state index contributed by atoms with van der Waals surface area (Å²) < 4.78 is 32.3. The molecule has 1 unspecified atom stereocenters. The van der Waals surface area contributed by atoms with E-state index in [1.54, 1.807) is 17.4 Å². The predicted molar refractivity (Wildman–Crippen MR) is 261 cm³/mol. The van der Waals surface area contributed by atoms with Crippen LogP contribution in [-0.4, -0.2) is 23.2 Å². The Morgan fingerprint density at radius 2 is 1.61 bits per heavy atom. The maximum absolute atomic E-state index is 7.76. The molecule has 0 aliphatic carbocycles. The van der Waals surface area contributed by atoms with Crippen LogP contribution in [0.25, 0.3) is 69.6 Å². The maximum Gasteiger partial charge on any atom is 3.00 e. The van der Waals surface area contributed by atoms with Crippen LogP contribution < -0.4 is 9.30 Å². The van der Waals surface area contributed by atoms with E-state index in [9.17, 15) is 0 Å². The van der Waals surface area contributed by atoms with Crippen molar-refractivity contribution < 1.29 is 28.6 Å². The molecule has 0 N–H and O–H groups in total. The van der Waals surface area contributed by atoms with Gasteiger partial charge in [0.2, 0.25) is 0 Å². The third-order valence-corrected chi connectivity index (χ3v) is 17.3. The van der Waals surface area contributed by atoms with Crippen molar-refractivity contribution in [3.05, 3.63) is 173 Å². The van der Waals surface area contributed by atoms with E-state index in [1.807, 2.05) is 48.8 Å². The fourth-order valence-electron chi connectivity index (χ4n) is 8.73. The van der Waals surface area contributed by atoms with Gasteiger partial charge in [-0.2, -0.15) is 29.5 Å². The molecule has 62 heavy (non-hydrogen) atoms. The van der Waals surface area contributed by atoms with Gasteiger partial charge < -0.3 is 14.6 Å². The van der Waals surface area contributed by atoms with Gasteiger partial charge in [0.1, 0.15) is 16.0 Å². The number of hydrogen-bond acceptors (Lipinski definition) is 5. The first-order valence-electron chi connectivity index (χ1n) is 22.3. The number of aryl methyl sites for hydroxylation is 3.